The van der Waals surface area contributed by atoms with E-state index >= 15 is 0 Å². The summed E-state index contributed by atoms with van der Waals surface area (Å²) in [5, 5.41) is 12.9. The van der Waals surface area contributed by atoms with E-state index in [9.17, 15) is 14.7 Å². The molecule has 8 heteroatoms. The van der Waals surface area contributed by atoms with Crippen LogP contribution in [0.25, 0.3) is 0 Å². The van der Waals surface area contributed by atoms with Gasteiger partial charge in [0.1, 0.15) is 0 Å². The summed E-state index contributed by atoms with van der Waals surface area (Å²) in [6.07, 6.45) is -1.39. The SMILES string of the molecule is O=C(NNC(=O)[C@@H](O)c1ccccc1)Nc1ccc(Cl)c(Cl)c1. The minimum absolute atomic E-state index is 0.285. The van der Waals surface area contributed by atoms with Crippen molar-refractivity contribution in [3.05, 3.63) is 64.1 Å². The number of hydrogen-bond acceptors (Lipinski definition) is 3. The van der Waals surface area contributed by atoms with E-state index in [2.05, 4.69) is 16.2 Å². The first-order valence-electron chi connectivity index (χ1n) is 6.52. The van der Waals surface area contributed by atoms with Crippen molar-refractivity contribution in [3.8, 4) is 0 Å². The molecule has 1 atom stereocenters. The normalized spacial score (nSPS) is 11.4. The average molecular weight is 354 g/mol. The maximum atomic E-state index is 11.8. The Labute approximate surface area is 142 Å². The van der Waals surface area contributed by atoms with Crippen LogP contribution in [-0.4, -0.2) is 17.0 Å². The number of hydrazine groups is 1. The van der Waals surface area contributed by atoms with Gasteiger partial charge in [0, 0.05) is 5.69 Å². The molecule has 0 aliphatic carbocycles. The summed E-state index contributed by atoms with van der Waals surface area (Å²) in [5.74, 6) is -0.763. The second kappa shape index (κ2) is 7.82. The zero-order valence-corrected chi connectivity index (χ0v) is 13.2. The highest BCUT2D eigenvalue weighted by molar-refractivity contribution is 6.42. The molecule has 0 aromatic heterocycles. The van der Waals surface area contributed by atoms with Gasteiger partial charge >= 0.3 is 6.03 Å². The van der Waals surface area contributed by atoms with Gasteiger partial charge in [-0.1, -0.05) is 53.5 Å². The lowest BCUT2D eigenvalue weighted by Crippen LogP contribution is -2.45. The molecule has 6 nitrogen and oxygen atoms in total. The van der Waals surface area contributed by atoms with Crippen LogP contribution in [0.3, 0.4) is 0 Å². The van der Waals surface area contributed by atoms with E-state index in [0.29, 0.717) is 16.3 Å². The number of halogens is 2. The van der Waals surface area contributed by atoms with Crippen LogP contribution in [0.1, 0.15) is 11.7 Å². The van der Waals surface area contributed by atoms with E-state index in [1.54, 1.807) is 36.4 Å². The van der Waals surface area contributed by atoms with Crippen molar-refractivity contribution in [1.82, 2.24) is 10.9 Å². The standard InChI is InChI=1S/C15H13Cl2N3O3/c16-11-7-6-10(8-12(11)17)18-15(23)20-19-14(22)13(21)9-4-2-1-3-5-9/h1-8,13,21H,(H,19,22)(H2,18,20,23)/t13-/m0/s1. The smallest absolute Gasteiger partial charge is 0.337 e. The number of aliphatic hydroxyl groups excluding tert-OH is 1. The van der Waals surface area contributed by atoms with Gasteiger partial charge in [0.15, 0.2) is 6.10 Å². The zero-order chi connectivity index (χ0) is 16.8. The average Bonchev–Trinajstić information content (AvgIpc) is 2.56. The van der Waals surface area contributed by atoms with Gasteiger partial charge in [0.05, 0.1) is 10.0 Å². The third kappa shape index (κ3) is 4.85. The number of aliphatic hydroxyl groups is 1. The van der Waals surface area contributed by atoms with Crippen molar-refractivity contribution in [2.24, 2.45) is 0 Å². The Hall–Kier alpha value is -2.28. The first-order valence-corrected chi connectivity index (χ1v) is 7.28. The van der Waals surface area contributed by atoms with Crippen LogP contribution >= 0.6 is 23.2 Å². The van der Waals surface area contributed by atoms with Crippen molar-refractivity contribution in [3.63, 3.8) is 0 Å². The molecule has 0 spiro atoms. The second-order valence-corrected chi connectivity index (χ2v) is 5.32. The monoisotopic (exact) mass is 353 g/mol. The Morgan fingerprint density at radius 3 is 2.30 bits per heavy atom. The molecule has 0 bridgehead atoms. The molecule has 2 aromatic carbocycles. The minimum Gasteiger partial charge on any atom is -0.378 e. The highest BCUT2D eigenvalue weighted by Crippen LogP contribution is 2.24. The second-order valence-electron chi connectivity index (χ2n) is 4.51. The molecule has 0 radical (unpaired) electrons. The van der Waals surface area contributed by atoms with Crippen LogP contribution in [0.4, 0.5) is 10.5 Å². The molecule has 0 saturated carbocycles. The fourth-order valence-electron chi connectivity index (χ4n) is 1.71. The molecule has 0 unspecified atom stereocenters. The summed E-state index contributed by atoms with van der Waals surface area (Å²) in [6, 6.07) is 12.2. The number of urea groups is 1. The van der Waals surface area contributed by atoms with E-state index in [1.807, 2.05) is 0 Å². The molecule has 3 amide bonds. The van der Waals surface area contributed by atoms with Crippen molar-refractivity contribution in [2.75, 3.05) is 5.32 Å². The van der Waals surface area contributed by atoms with Gasteiger partial charge in [0.25, 0.3) is 5.91 Å². The highest BCUT2D eigenvalue weighted by Gasteiger charge is 2.17. The van der Waals surface area contributed by atoms with E-state index in [4.69, 9.17) is 23.2 Å². The van der Waals surface area contributed by atoms with Crippen LogP contribution in [0.5, 0.6) is 0 Å². The van der Waals surface area contributed by atoms with Gasteiger partial charge in [-0.2, -0.15) is 0 Å². The Kier molecular flexibility index (Phi) is 5.81. The van der Waals surface area contributed by atoms with Gasteiger partial charge in [-0.05, 0) is 23.8 Å². The van der Waals surface area contributed by atoms with Crippen molar-refractivity contribution in [1.29, 1.82) is 0 Å². The summed E-state index contributed by atoms with van der Waals surface area (Å²) in [6.45, 7) is 0. The number of amides is 3. The van der Waals surface area contributed by atoms with E-state index < -0.39 is 18.0 Å². The summed E-state index contributed by atoms with van der Waals surface area (Å²) < 4.78 is 0. The summed E-state index contributed by atoms with van der Waals surface area (Å²) >= 11 is 11.6. The number of anilines is 1. The van der Waals surface area contributed by atoms with Crippen LogP contribution < -0.4 is 16.2 Å². The van der Waals surface area contributed by atoms with Crippen molar-refractivity contribution >= 4 is 40.8 Å². The predicted molar refractivity (Wildman–Crippen MR) is 88.2 cm³/mol. The molecule has 2 rings (SSSR count). The summed E-state index contributed by atoms with van der Waals surface area (Å²) in [4.78, 5) is 23.4. The third-order valence-corrected chi connectivity index (χ3v) is 3.58. The van der Waals surface area contributed by atoms with Crippen LogP contribution in [0, 0.1) is 0 Å². The van der Waals surface area contributed by atoms with Gasteiger partial charge in [-0.3, -0.25) is 10.2 Å². The lowest BCUT2D eigenvalue weighted by molar-refractivity contribution is -0.130. The molecule has 2 aromatic rings. The number of benzene rings is 2. The van der Waals surface area contributed by atoms with E-state index in [1.165, 1.54) is 12.1 Å². The van der Waals surface area contributed by atoms with Crippen molar-refractivity contribution in [2.45, 2.75) is 6.10 Å². The molecule has 0 fully saturated rings. The minimum atomic E-state index is -1.39. The van der Waals surface area contributed by atoms with Crippen LogP contribution in [0.2, 0.25) is 10.0 Å². The summed E-state index contributed by atoms with van der Waals surface area (Å²) in [5.41, 5.74) is 5.06. The molecule has 0 heterocycles. The first kappa shape index (κ1) is 17.1. The molecule has 0 aliphatic rings. The largest absolute Gasteiger partial charge is 0.378 e. The molecule has 0 aliphatic heterocycles. The third-order valence-electron chi connectivity index (χ3n) is 2.84. The summed E-state index contributed by atoms with van der Waals surface area (Å²) in [7, 11) is 0. The number of hydrogen-bond donors (Lipinski definition) is 4. The molecule has 4 N–H and O–H groups in total. The van der Waals surface area contributed by atoms with E-state index in [-0.39, 0.29) is 5.02 Å². The van der Waals surface area contributed by atoms with Gasteiger partial charge in [-0.15, -0.1) is 0 Å². The molecule has 0 saturated heterocycles. The lowest BCUT2D eigenvalue weighted by atomic mass is 10.1. The molecular weight excluding hydrogens is 341 g/mol. The first-order chi connectivity index (χ1) is 11.0. The van der Waals surface area contributed by atoms with E-state index in [0.717, 1.165) is 0 Å². The maximum absolute atomic E-state index is 11.8. The number of nitrogens with one attached hydrogen (secondary N) is 3. The fourth-order valence-corrected chi connectivity index (χ4v) is 2.01. The Morgan fingerprint density at radius 1 is 0.957 bits per heavy atom. The molecule has 23 heavy (non-hydrogen) atoms. The van der Waals surface area contributed by atoms with Crippen molar-refractivity contribution < 1.29 is 14.7 Å². The molecule has 120 valence electrons. The van der Waals surface area contributed by atoms with Gasteiger partial charge in [-0.25, -0.2) is 10.2 Å². The Bertz CT molecular complexity index is 710. The van der Waals surface area contributed by atoms with Gasteiger partial charge < -0.3 is 10.4 Å². The number of carbonyl (C=O) groups excluding carboxylic acids is 2. The Morgan fingerprint density at radius 2 is 1.65 bits per heavy atom. The number of rotatable bonds is 3. The fraction of sp³-hybridized carbons (Fsp3) is 0.0667. The topological polar surface area (TPSA) is 90.5 Å². The Balaban J connectivity index is 1.86. The van der Waals surface area contributed by atoms with Crippen LogP contribution in [0.15, 0.2) is 48.5 Å². The lowest BCUT2D eigenvalue weighted by Gasteiger charge is -2.13. The van der Waals surface area contributed by atoms with Gasteiger partial charge in [0.2, 0.25) is 0 Å². The van der Waals surface area contributed by atoms with Crippen LogP contribution in [-0.2, 0) is 4.79 Å². The molecular formula is C15H13Cl2N3O3. The zero-order valence-electron chi connectivity index (χ0n) is 11.7. The number of carbonyl (C=O) groups is 2. The maximum Gasteiger partial charge on any atom is 0.337 e. The quantitative estimate of drug-likeness (QED) is 0.639. The highest BCUT2D eigenvalue weighted by atomic mass is 35.5. The predicted octanol–water partition coefficient (Wildman–Crippen LogP) is 2.88.